The highest BCUT2D eigenvalue weighted by molar-refractivity contribution is 5.88. The van der Waals surface area contributed by atoms with Crippen LogP contribution in [0.15, 0.2) is 61.1 Å². The van der Waals surface area contributed by atoms with E-state index >= 15 is 0 Å². The lowest BCUT2D eigenvalue weighted by Gasteiger charge is -2.15. The molecule has 3 heterocycles. The van der Waals surface area contributed by atoms with Crippen LogP contribution in [0.3, 0.4) is 0 Å². The van der Waals surface area contributed by atoms with Crippen LogP contribution < -0.4 is 4.90 Å². The van der Waals surface area contributed by atoms with E-state index in [4.69, 9.17) is 0 Å². The zero-order valence-electron chi connectivity index (χ0n) is 13.6. The van der Waals surface area contributed by atoms with Crippen molar-refractivity contribution in [2.24, 2.45) is 0 Å². The van der Waals surface area contributed by atoms with Gasteiger partial charge in [0.2, 0.25) is 0 Å². The zero-order chi connectivity index (χ0) is 16.5. The highest BCUT2D eigenvalue weighted by Crippen LogP contribution is 2.33. The molecule has 0 atom stereocenters. The van der Waals surface area contributed by atoms with Gasteiger partial charge in [-0.15, -0.1) is 10.2 Å². The summed E-state index contributed by atoms with van der Waals surface area (Å²) in [5.41, 5.74) is 5.15. The average molecular weight is 315 g/mol. The van der Waals surface area contributed by atoms with E-state index in [1.54, 1.807) is 12.4 Å². The normalized spacial score (nSPS) is 10.9. The molecule has 118 valence electrons. The first-order valence-corrected chi connectivity index (χ1v) is 7.75. The maximum absolute atomic E-state index is 4.52. The van der Waals surface area contributed by atoms with E-state index in [-0.39, 0.29) is 0 Å². The first-order valence-electron chi connectivity index (χ1n) is 7.75. The lowest BCUT2D eigenvalue weighted by Crippen LogP contribution is -2.12. The standard InChI is InChI=1S/C19H17N5/c1-24(2)18-12-16(13-5-8-20-9-6-13)19(23-22-18)15-3-4-17-14(11-15)7-10-21-17/h3-12,21H,1-2H3. The molecule has 0 bridgehead atoms. The van der Waals surface area contributed by atoms with Gasteiger partial charge in [0, 0.05) is 54.7 Å². The molecule has 4 aromatic rings. The monoisotopic (exact) mass is 315 g/mol. The Hall–Kier alpha value is -3.21. The third-order valence-electron chi connectivity index (χ3n) is 4.06. The number of H-pyrrole nitrogens is 1. The minimum atomic E-state index is 0.827. The highest BCUT2D eigenvalue weighted by atomic mass is 15.2. The van der Waals surface area contributed by atoms with Gasteiger partial charge in [0.05, 0.1) is 0 Å². The van der Waals surface area contributed by atoms with Gasteiger partial charge in [-0.25, -0.2) is 0 Å². The molecular weight excluding hydrogens is 298 g/mol. The molecule has 24 heavy (non-hydrogen) atoms. The van der Waals surface area contributed by atoms with Crippen LogP contribution >= 0.6 is 0 Å². The lowest BCUT2D eigenvalue weighted by molar-refractivity contribution is 0.970. The van der Waals surface area contributed by atoms with E-state index in [1.165, 1.54) is 0 Å². The quantitative estimate of drug-likeness (QED) is 0.625. The van der Waals surface area contributed by atoms with Crippen LogP contribution in [0, 0.1) is 0 Å². The first-order chi connectivity index (χ1) is 11.7. The molecule has 4 rings (SSSR count). The molecule has 0 aliphatic rings. The van der Waals surface area contributed by atoms with Crippen LogP contribution in [-0.4, -0.2) is 34.3 Å². The molecule has 0 aliphatic heterocycles. The topological polar surface area (TPSA) is 57.7 Å². The molecule has 0 radical (unpaired) electrons. The maximum Gasteiger partial charge on any atom is 0.151 e. The van der Waals surface area contributed by atoms with Gasteiger partial charge in [-0.3, -0.25) is 4.98 Å². The Bertz CT molecular complexity index is 989. The minimum absolute atomic E-state index is 0.827. The second-order valence-electron chi connectivity index (χ2n) is 5.87. The number of benzene rings is 1. The predicted molar refractivity (Wildman–Crippen MR) is 96.9 cm³/mol. The molecule has 1 aromatic carbocycles. The second-order valence-corrected chi connectivity index (χ2v) is 5.87. The van der Waals surface area contributed by atoms with E-state index in [9.17, 15) is 0 Å². The van der Waals surface area contributed by atoms with Gasteiger partial charge in [-0.05, 0) is 42.0 Å². The number of nitrogens with one attached hydrogen (secondary N) is 1. The van der Waals surface area contributed by atoms with Crippen molar-refractivity contribution >= 4 is 16.7 Å². The number of fused-ring (bicyclic) bond motifs is 1. The van der Waals surface area contributed by atoms with E-state index in [1.807, 2.05) is 37.3 Å². The number of nitrogens with zero attached hydrogens (tertiary/aromatic N) is 4. The van der Waals surface area contributed by atoms with Crippen LogP contribution in [0.2, 0.25) is 0 Å². The predicted octanol–water partition coefficient (Wildman–Crippen LogP) is 3.75. The van der Waals surface area contributed by atoms with Crippen LogP contribution in [0.1, 0.15) is 0 Å². The van der Waals surface area contributed by atoms with Crippen molar-refractivity contribution in [3.05, 3.63) is 61.1 Å². The summed E-state index contributed by atoms with van der Waals surface area (Å²) >= 11 is 0. The van der Waals surface area contributed by atoms with E-state index in [2.05, 4.69) is 50.5 Å². The second kappa shape index (κ2) is 5.77. The largest absolute Gasteiger partial charge is 0.361 e. The molecule has 0 amide bonds. The van der Waals surface area contributed by atoms with Crippen molar-refractivity contribution < 1.29 is 0 Å². The van der Waals surface area contributed by atoms with Crippen molar-refractivity contribution in [2.45, 2.75) is 0 Å². The first kappa shape index (κ1) is 14.4. The summed E-state index contributed by atoms with van der Waals surface area (Å²) < 4.78 is 0. The molecule has 3 aromatic heterocycles. The van der Waals surface area contributed by atoms with Gasteiger partial charge in [0.15, 0.2) is 5.82 Å². The highest BCUT2D eigenvalue weighted by Gasteiger charge is 2.13. The lowest BCUT2D eigenvalue weighted by atomic mass is 10.00. The molecular formula is C19H17N5. The van der Waals surface area contributed by atoms with Crippen LogP contribution in [0.25, 0.3) is 33.3 Å². The maximum atomic E-state index is 4.52. The third kappa shape index (κ3) is 2.50. The van der Waals surface area contributed by atoms with Gasteiger partial charge < -0.3 is 9.88 Å². The fourth-order valence-electron chi connectivity index (χ4n) is 2.77. The van der Waals surface area contributed by atoms with Gasteiger partial charge >= 0.3 is 0 Å². The Labute approximate surface area is 140 Å². The smallest absolute Gasteiger partial charge is 0.151 e. The number of rotatable bonds is 3. The summed E-state index contributed by atoms with van der Waals surface area (Å²) in [5, 5.41) is 10.0. The molecule has 0 spiro atoms. The van der Waals surface area contributed by atoms with Gasteiger partial charge in [-0.1, -0.05) is 6.07 Å². The zero-order valence-corrected chi connectivity index (χ0v) is 13.6. The number of anilines is 1. The Morgan fingerprint density at radius 1 is 0.875 bits per heavy atom. The SMILES string of the molecule is CN(C)c1cc(-c2ccncc2)c(-c2ccc3[nH]ccc3c2)nn1. The fraction of sp³-hybridized carbons (Fsp3) is 0.105. The number of hydrogen-bond donors (Lipinski definition) is 1. The van der Waals surface area contributed by atoms with Crippen molar-refractivity contribution in [1.29, 1.82) is 0 Å². The Morgan fingerprint density at radius 2 is 1.71 bits per heavy atom. The molecule has 0 unspecified atom stereocenters. The van der Waals surface area contributed by atoms with Crippen molar-refractivity contribution in [3.8, 4) is 22.4 Å². The summed E-state index contributed by atoms with van der Waals surface area (Å²) in [5.74, 6) is 0.827. The summed E-state index contributed by atoms with van der Waals surface area (Å²) in [6.45, 7) is 0. The molecule has 0 aliphatic carbocycles. The van der Waals surface area contributed by atoms with Gasteiger partial charge in [0.1, 0.15) is 5.69 Å². The fourth-order valence-corrected chi connectivity index (χ4v) is 2.77. The summed E-state index contributed by atoms with van der Waals surface area (Å²) in [4.78, 5) is 9.29. The van der Waals surface area contributed by atoms with Gasteiger partial charge in [-0.2, -0.15) is 0 Å². The summed E-state index contributed by atoms with van der Waals surface area (Å²) in [6, 6.07) is 14.4. The van der Waals surface area contributed by atoms with Crippen molar-refractivity contribution in [2.75, 3.05) is 19.0 Å². The molecule has 0 fully saturated rings. The third-order valence-corrected chi connectivity index (χ3v) is 4.06. The Kier molecular flexibility index (Phi) is 3.46. The number of pyridine rings is 1. The summed E-state index contributed by atoms with van der Waals surface area (Å²) in [7, 11) is 3.93. The number of aromatic amines is 1. The molecule has 1 N–H and O–H groups in total. The molecule has 5 nitrogen and oxygen atoms in total. The van der Waals surface area contributed by atoms with E-state index in [0.717, 1.165) is 39.1 Å². The molecule has 0 saturated heterocycles. The average Bonchev–Trinajstić information content (AvgIpc) is 3.09. The molecule has 0 saturated carbocycles. The van der Waals surface area contributed by atoms with Crippen molar-refractivity contribution in [3.63, 3.8) is 0 Å². The van der Waals surface area contributed by atoms with Crippen molar-refractivity contribution in [1.82, 2.24) is 20.2 Å². The Balaban J connectivity index is 1.93. The number of hydrogen-bond acceptors (Lipinski definition) is 4. The van der Waals surface area contributed by atoms with Crippen LogP contribution in [0.5, 0.6) is 0 Å². The number of aromatic nitrogens is 4. The van der Waals surface area contributed by atoms with Crippen LogP contribution in [-0.2, 0) is 0 Å². The summed E-state index contributed by atoms with van der Waals surface area (Å²) in [6.07, 6.45) is 5.54. The molecule has 5 heteroatoms. The van der Waals surface area contributed by atoms with Gasteiger partial charge in [0.25, 0.3) is 0 Å². The van der Waals surface area contributed by atoms with Crippen LogP contribution in [0.4, 0.5) is 5.82 Å². The van der Waals surface area contributed by atoms with E-state index < -0.39 is 0 Å². The van der Waals surface area contributed by atoms with E-state index in [0.29, 0.717) is 0 Å². The Morgan fingerprint density at radius 3 is 2.50 bits per heavy atom. The minimum Gasteiger partial charge on any atom is -0.361 e.